The smallest absolute Gasteiger partial charge is 0.297 e. The topological polar surface area (TPSA) is 36.0 Å². The molecule has 0 saturated heterocycles. The lowest BCUT2D eigenvalue weighted by Crippen LogP contribution is -2.61. The predicted molar refractivity (Wildman–Crippen MR) is 359 cm³/mol. The molecule has 0 saturated carbocycles. The molecule has 0 bridgehead atoms. The minimum absolute atomic E-state index is 0.00494. The average molecular weight is 1110 g/mol. The average Bonchev–Trinajstić information content (AvgIpc) is 1.34. The van der Waals surface area contributed by atoms with Gasteiger partial charge in [0.25, 0.3) is 6.71 Å². The number of fused-ring (bicyclic) bond motifs is 11. The normalized spacial score (nSPS) is 17.5. The van der Waals surface area contributed by atoms with E-state index < -0.39 is 0 Å². The summed E-state index contributed by atoms with van der Waals surface area (Å²) in [5.74, 6) is 0. The van der Waals surface area contributed by atoms with Crippen LogP contribution in [0.25, 0.3) is 32.9 Å². The van der Waals surface area contributed by atoms with Crippen molar-refractivity contribution in [2.75, 3.05) is 14.7 Å². The number of hydrogen-bond donors (Lipinski definition) is 0. The zero-order chi connectivity index (χ0) is 59.2. The Kier molecular flexibility index (Phi) is 11.7. The zero-order valence-electron chi connectivity index (χ0n) is 53.0. The van der Waals surface area contributed by atoms with Crippen LogP contribution in [-0.4, -0.2) is 6.71 Å². The molecule has 0 spiro atoms. The summed E-state index contributed by atoms with van der Waals surface area (Å²) in [6.07, 6.45) is 4.52. The summed E-state index contributed by atoms with van der Waals surface area (Å²) in [5, 5.41) is 3.39. The Balaban J connectivity index is 1.16. The molecule has 5 nitrogen and oxygen atoms in total. The second-order valence-electron chi connectivity index (χ2n) is 31.2. The van der Waals surface area contributed by atoms with Crippen LogP contribution in [0.15, 0.2) is 160 Å². The van der Waals surface area contributed by atoms with Gasteiger partial charge in [0, 0.05) is 62.0 Å². The van der Waals surface area contributed by atoms with Gasteiger partial charge in [-0.1, -0.05) is 178 Å². The molecule has 6 heteroatoms. The van der Waals surface area contributed by atoms with Crippen molar-refractivity contribution in [3.63, 3.8) is 0 Å². The van der Waals surface area contributed by atoms with Crippen molar-refractivity contribution in [1.82, 2.24) is 0 Å². The highest BCUT2D eigenvalue weighted by Crippen LogP contribution is 2.55. The number of hydrogen-bond acceptors (Lipinski definition) is 5. The first kappa shape index (κ1) is 54.5. The van der Waals surface area contributed by atoms with Crippen molar-refractivity contribution in [2.45, 2.75) is 181 Å². The second-order valence-corrected chi connectivity index (χ2v) is 31.2. The third kappa shape index (κ3) is 8.45. The van der Waals surface area contributed by atoms with Crippen molar-refractivity contribution in [2.24, 2.45) is 0 Å². The first-order valence-electron chi connectivity index (χ1n) is 31.1. The van der Waals surface area contributed by atoms with Crippen molar-refractivity contribution < 1.29 is 8.83 Å². The number of anilines is 9. The fraction of sp³-hybridized carbons (Fsp3) is 0.359. The van der Waals surface area contributed by atoms with Crippen molar-refractivity contribution in [3.05, 3.63) is 191 Å². The van der Waals surface area contributed by atoms with Gasteiger partial charge in [0.1, 0.15) is 16.7 Å². The molecule has 0 unspecified atom stereocenters. The Morgan fingerprint density at radius 3 is 1.60 bits per heavy atom. The maximum Gasteiger partial charge on any atom is 0.297 e. The van der Waals surface area contributed by atoms with Gasteiger partial charge in [-0.3, -0.25) is 0 Å². The van der Waals surface area contributed by atoms with Crippen LogP contribution in [0.4, 0.5) is 51.2 Å². The van der Waals surface area contributed by atoms with E-state index >= 15 is 0 Å². The number of furan rings is 2. The molecule has 0 N–H and O–H groups in total. The van der Waals surface area contributed by atoms with Crippen LogP contribution >= 0.6 is 0 Å². The molecule has 10 aromatic rings. The van der Waals surface area contributed by atoms with E-state index in [1.54, 1.807) is 0 Å². The summed E-state index contributed by atoms with van der Waals surface area (Å²) in [6.45, 7) is 40.6. The summed E-state index contributed by atoms with van der Waals surface area (Å²) < 4.78 is 14.6. The van der Waals surface area contributed by atoms with Crippen LogP contribution in [-0.2, 0) is 37.9 Å². The Bertz CT molecular complexity index is 4320. The molecule has 0 radical (unpaired) electrons. The van der Waals surface area contributed by atoms with E-state index in [9.17, 15) is 0 Å². The third-order valence-corrected chi connectivity index (χ3v) is 20.4. The highest BCUT2D eigenvalue weighted by molar-refractivity contribution is 7.00. The Morgan fingerprint density at radius 2 is 0.952 bits per heavy atom. The van der Waals surface area contributed by atoms with E-state index in [1.807, 2.05) is 0 Å². The molecule has 4 heterocycles. The Morgan fingerprint density at radius 1 is 0.393 bits per heavy atom. The molecular weight excluding hydrogens is 1020 g/mol. The Hall–Kier alpha value is -7.44. The number of rotatable bonds is 5. The molecule has 0 atom stereocenters. The first-order chi connectivity index (χ1) is 39.5. The van der Waals surface area contributed by atoms with Crippen molar-refractivity contribution in [3.8, 4) is 0 Å². The minimum atomic E-state index is -0.237. The van der Waals surface area contributed by atoms with E-state index in [2.05, 4.69) is 284 Å². The van der Waals surface area contributed by atoms with E-state index in [1.165, 1.54) is 60.9 Å². The van der Waals surface area contributed by atoms with Crippen LogP contribution in [0.5, 0.6) is 0 Å². The predicted octanol–water partition coefficient (Wildman–Crippen LogP) is 20.5. The van der Waals surface area contributed by atoms with Crippen molar-refractivity contribution >= 4 is 107 Å². The molecule has 8 aromatic carbocycles. The van der Waals surface area contributed by atoms with E-state index in [4.69, 9.17) is 8.83 Å². The molecule has 2 aliphatic carbocycles. The quantitative estimate of drug-likeness (QED) is 0.161. The molecule has 4 aliphatic rings. The summed E-state index contributed by atoms with van der Waals surface area (Å²) >= 11 is 0. The largest absolute Gasteiger partial charge is 0.468 e. The molecule has 2 aliphatic heterocycles. The van der Waals surface area contributed by atoms with Gasteiger partial charge in [-0.15, -0.1) is 0 Å². The Labute approximate surface area is 500 Å². The minimum Gasteiger partial charge on any atom is -0.468 e. The lowest BCUT2D eigenvalue weighted by molar-refractivity contribution is 0.332. The van der Waals surface area contributed by atoms with Gasteiger partial charge >= 0.3 is 0 Å². The van der Waals surface area contributed by atoms with E-state index in [-0.39, 0.29) is 44.6 Å². The van der Waals surface area contributed by atoms with Crippen LogP contribution < -0.4 is 31.3 Å². The van der Waals surface area contributed by atoms with Gasteiger partial charge in [-0.05, 0) is 198 Å². The van der Waals surface area contributed by atoms with Gasteiger partial charge < -0.3 is 23.5 Å². The van der Waals surface area contributed by atoms with Crippen LogP contribution in [0.2, 0.25) is 0 Å². The summed E-state index contributed by atoms with van der Waals surface area (Å²) in [4.78, 5) is 7.76. The molecule has 2 aromatic heterocycles. The lowest BCUT2D eigenvalue weighted by atomic mass is 9.35. The standard InChI is InChI=1S/C78H84BN3O2/c1-72(2,3)47-27-32-62-63(40-47)81(53-38-48(73(4,5)6)37-49(39-53)74(7,8)9)64-42-54(80(50-23-19-18-20-24-50)52-28-30-56-55-25-21-22-26-66(55)83-67(56)44-52)43-65-69(64)79(62)71-70(57-45-60-61(46-68(57)84-71)78(16,17)36-35-77(60,14)15)82(65)51-29-31-58-59(41-51)76(12,13)34-33-75(58,10)11/h18-32,37-46H,33-36H2,1-17H3. The molecule has 426 valence electrons. The van der Waals surface area contributed by atoms with Gasteiger partial charge in [-0.2, -0.15) is 0 Å². The third-order valence-electron chi connectivity index (χ3n) is 20.4. The lowest BCUT2D eigenvalue weighted by Gasteiger charge is -2.45. The fourth-order valence-electron chi connectivity index (χ4n) is 14.9. The van der Waals surface area contributed by atoms with Crippen molar-refractivity contribution in [1.29, 1.82) is 0 Å². The van der Waals surface area contributed by atoms with Crippen LogP contribution in [0.1, 0.15) is 182 Å². The maximum atomic E-state index is 7.83. The van der Waals surface area contributed by atoms with Crippen LogP contribution in [0.3, 0.4) is 0 Å². The first-order valence-corrected chi connectivity index (χ1v) is 31.1. The highest BCUT2D eigenvalue weighted by Gasteiger charge is 2.49. The SMILES string of the molecule is CC(C)(C)c1cc(N2c3cc(C(C)(C)C)ccc3B3c4oc5cc6c(cc5c4N(c4ccc5c(c4)C(C)(C)CCC5(C)C)c4cc(N(c5ccccc5)c5ccc7c(c5)oc5ccccc57)cc2c43)C(C)(C)CCC6(C)C)cc(C(C)(C)C)c1. The second kappa shape index (κ2) is 18.1. The fourth-order valence-corrected chi connectivity index (χ4v) is 14.9. The monoisotopic (exact) mass is 1110 g/mol. The maximum absolute atomic E-state index is 7.83. The van der Waals surface area contributed by atoms with Gasteiger partial charge in [0.2, 0.25) is 0 Å². The van der Waals surface area contributed by atoms with Crippen LogP contribution in [0, 0.1) is 0 Å². The summed E-state index contributed by atoms with van der Waals surface area (Å²) in [5.41, 5.74) is 25.5. The highest BCUT2D eigenvalue weighted by atomic mass is 16.3. The van der Waals surface area contributed by atoms with E-state index in [0.717, 1.165) is 104 Å². The molecular formula is C78H84BN3O2. The van der Waals surface area contributed by atoms with Gasteiger partial charge in [0.05, 0.1) is 17.0 Å². The van der Waals surface area contributed by atoms with E-state index in [0.29, 0.717) is 0 Å². The van der Waals surface area contributed by atoms with Gasteiger partial charge in [-0.25, -0.2) is 0 Å². The molecule has 84 heavy (non-hydrogen) atoms. The van der Waals surface area contributed by atoms with Gasteiger partial charge in [0.15, 0.2) is 0 Å². The number of nitrogens with zero attached hydrogens (tertiary/aromatic N) is 3. The zero-order valence-corrected chi connectivity index (χ0v) is 53.0. The summed E-state index contributed by atoms with van der Waals surface area (Å²) in [7, 11) is 0. The molecule has 0 fully saturated rings. The summed E-state index contributed by atoms with van der Waals surface area (Å²) in [6, 6.07) is 58.5. The number of para-hydroxylation sites is 2. The number of benzene rings is 8. The molecule has 14 rings (SSSR count). The molecule has 0 amide bonds.